The lowest BCUT2D eigenvalue weighted by atomic mass is 9.84. The van der Waals surface area contributed by atoms with Crippen molar-refractivity contribution in [3.05, 3.63) is 194 Å². The van der Waals surface area contributed by atoms with E-state index in [9.17, 15) is 0 Å². The summed E-state index contributed by atoms with van der Waals surface area (Å²) in [6.07, 6.45) is 0. The van der Waals surface area contributed by atoms with E-state index in [2.05, 4.69) is 194 Å². The fraction of sp³-hybridized carbons (Fsp3) is 0. The van der Waals surface area contributed by atoms with Gasteiger partial charge >= 0.3 is 0 Å². The third-order valence-electron chi connectivity index (χ3n) is 11.9. The number of benzene rings is 10. The maximum absolute atomic E-state index is 2.33. The Morgan fingerprint density at radius 3 is 1.35 bits per heavy atom. The summed E-state index contributed by atoms with van der Waals surface area (Å²) in [6, 6.07) is 72.1. The molecule has 0 amide bonds. The molecule has 0 N–H and O–H groups in total. The number of thiophene rings is 1. The summed E-state index contributed by atoms with van der Waals surface area (Å²) >= 11 is 1.88. The van der Waals surface area contributed by atoms with Crippen LogP contribution >= 0.6 is 11.3 Å². The molecule has 0 saturated carbocycles. The second-order valence-electron chi connectivity index (χ2n) is 14.7. The molecule has 0 unspecified atom stereocenters. The van der Waals surface area contributed by atoms with Crippen LogP contribution in [0.2, 0.25) is 0 Å². The molecule has 12 rings (SSSR count). The highest BCUT2D eigenvalue weighted by atomic mass is 32.1. The van der Waals surface area contributed by atoms with Gasteiger partial charge in [0.1, 0.15) is 0 Å². The molecule has 1 heterocycles. The molecule has 0 fully saturated rings. The molecule has 1 heteroatoms. The Balaban J connectivity index is 1.03. The molecule has 254 valence electrons. The van der Waals surface area contributed by atoms with Crippen molar-refractivity contribution in [3.8, 4) is 66.8 Å². The van der Waals surface area contributed by atoms with Crippen LogP contribution in [0.4, 0.5) is 0 Å². The molecule has 0 spiro atoms. The Kier molecular flexibility index (Phi) is 6.60. The van der Waals surface area contributed by atoms with Crippen molar-refractivity contribution < 1.29 is 0 Å². The topological polar surface area (TPSA) is 0 Å². The van der Waals surface area contributed by atoms with E-state index in [1.807, 2.05) is 11.3 Å². The summed E-state index contributed by atoms with van der Waals surface area (Å²) in [5, 5.41) is 10.4. The van der Waals surface area contributed by atoms with Crippen LogP contribution in [0.3, 0.4) is 0 Å². The van der Waals surface area contributed by atoms with Crippen LogP contribution in [0.1, 0.15) is 0 Å². The van der Waals surface area contributed by atoms with E-state index in [-0.39, 0.29) is 0 Å². The molecule has 0 saturated heterocycles. The van der Waals surface area contributed by atoms with E-state index < -0.39 is 0 Å². The fourth-order valence-corrected chi connectivity index (χ4v) is 10.7. The second-order valence-corrected chi connectivity index (χ2v) is 15.8. The summed E-state index contributed by atoms with van der Waals surface area (Å²) < 4.78 is 2.66. The van der Waals surface area contributed by atoms with Gasteiger partial charge in [0.05, 0.1) is 0 Å². The van der Waals surface area contributed by atoms with E-state index in [0.717, 1.165) is 0 Å². The van der Waals surface area contributed by atoms with Crippen LogP contribution < -0.4 is 0 Å². The lowest BCUT2D eigenvalue weighted by Crippen LogP contribution is -1.92. The van der Waals surface area contributed by atoms with Crippen LogP contribution in [-0.4, -0.2) is 0 Å². The van der Waals surface area contributed by atoms with Gasteiger partial charge in [-0.15, -0.1) is 11.3 Å². The average Bonchev–Trinajstić information content (AvgIpc) is 3.80. The molecule has 11 aromatic rings. The first-order chi connectivity index (χ1) is 27.3. The molecule has 55 heavy (non-hydrogen) atoms. The zero-order valence-electron chi connectivity index (χ0n) is 29.9. The number of hydrogen-bond donors (Lipinski definition) is 0. The van der Waals surface area contributed by atoms with Gasteiger partial charge in [0.15, 0.2) is 0 Å². The van der Waals surface area contributed by atoms with E-state index in [4.69, 9.17) is 0 Å². The van der Waals surface area contributed by atoms with Crippen LogP contribution in [0.5, 0.6) is 0 Å². The highest BCUT2D eigenvalue weighted by Gasteiger charge is 2.24. The van der Waals surface area contributed by atoms with E-state index in [1.165, 1.54) is 119 Å². The molecule has 0 aliphatic heterocycles. The van der Waals surface area contributed by atoms with Crippen molar-refractivity contribution in [1.82, 2.24) is 0 Å². The van der Waals surface area contributed by atoms with Gasteiger partial charge in [-0.3, -0.25) is 0 Å². The molecular weight excluding hydrogens is 681 g/mol. The molecule has 0 nitrogen and oxygen atoms in total. The van der Waals surface area contributed by atoms with Crippen molar-refractivity contribution in [2.45, 2.75) is 0 Å². The van der Waals surface area contributed by atoms with E-state index >= 15 is 0 Å². The minimum absolute atomic E-state index is 1.21. The van der Waals surface area contributed by atoms with Crippen molar-refractivity contribution in [2.75, 3.05) is 0 Å². The molecule has 0 bridgehead atoms. The van der Waals surface area contributed by atoms with Gasteiger partial charge in [-0.2, -0.15) is 0 Å². The molecule has 0 radical (unpaired) electrons. The summed E-state index contributed by atoms with van der Waals surface area (Å²) in [5.74, 6) is 0. The molecule has 10 aromatic carbocycles. The quantitative estimate of drug-likeness (QED) is 0.159. The third kappa shape index (κ3) is 4.45. The predicted molar refractivity (Wildman–Crippen MR) is 238 cm³/mol. The highest BCUT2D eigenvalue weighted by Crippen LogP contribution is 2.51. The van der Waals surface area contributed by atoms with Gasteiger partial charge in [-0.05, 0) is 111 Å². The normalized spacial score (nSPS) is 12.0. The molecule has 1 aliphatic rings. The van der Waals surface area contributed by atoms with Crippen LogP contribution in [-0.2, 0) is 0 Å². The van der Waals surface area contributed by atoms with Crippen molar-refractivity contribution >= 4 is 63.8 Å². The van der Waals surface area contributed by atoms with E-state index in [0.29, 0.717) is 0 Å². The van der Waals surface area contributed by atoms with Gasteiger partial charge in [-0.1, -0.05) is 182 Å². The Bertz CT molecular complexity index is 3270. The van der Waals surface area contributed by atoms with Gasteiger partial charge in [0, 0.05) is 20.2 Å². The van der Waals surface area contributed by atoms with Gasteiger partial charge < -0.3 is 0 Å². The summed E-state index contributed by atoms with van der Waals surface area (Å²) in [7, 11) is 0. The highest BCUT2D eigenvalue weighted by molar-refractivity contribution is 7.26. The van der Waals surface area contributed by atoms with Crippen molar-refractivity contribution in [1.29, 1.82) is 0 Å². The van der Waals surface area contributed by atoms with Gasteiger partial charge in [0.25, 0.3) is 0 Å². The maximum Gasteiger partial charge on any atom is 0.0361 e. The molecular formula is C54H32S. The van der Waals surface area contributed by atoms with Crippen LogP contribution in [0, 0.1) is 0 Å². The third-order valence-corrected chi connectivity index (χ3v) is 13.0. The SMILES string of the molecule is c1ccc(-c2ccc3c4c(cccc24)-c2ccccc2-3)c(-c2ccc(-c3c4ccccc4c(-c4cccc5sc6ccccc6c45)c4ccccc34)cc2)c1. The number of hydrogen-bond acceptors (Lipinski definition) is 1. The Labute approximate surface area is 323 Å². The van der Waals surface area contributed by atoms with Crippen molar-refractivity contribution in [2.24, 2.45) is 0 Å². The molecule has 1 aliphatic carbocycles. The van der Waals surface area contributed by atoms with Crippen LogP contribution in [0.25, 0.3) is 119 Å². The first-order valence-electron chi connectivity index (χ1n) is 19.0. The minimum Gasteiger partial charge on any atom is -0.135 e. The minimum atomic E-state index is 1.21. The summed E-state index contributed by atoms with van der Waals surface area (Å²) in [6.45, 7) is 0. The zero-order valence-corrected chi connectivity index (χ0v) is 30.7. The second kappa shape index (κ2) is 11.9. The number of fused-ring (bicyclic) bond motifs is 8. The predicted octanol–water partition coefficient (Wildman–Crippen LogP) is 15.8. The number of rotatable bonds is 4. The molecule has 0 atom stereocenters. The lowest BCUT2D eigenvalue weighted by Gasteiger charge is -2.19. The van der Waals surface area contributed by atoms with Gasteiger partial charge in [0.2, 0.25) is 0 Å². The summed E-state index contributed by atoms with van der Waals surface area (Å²) in [5.41, 5.74) is 15.4. The van der Waals surface area contributed by atoms with Gasteiger partial charge in [-0.25, -0.2) is 0 Å². The fourth-order valence-electron chi connectivity index (χ4n) is 9.54. The Hall–Kier alpha value is -6.80. The summed E-state index contributed by atoms with van der Waals surface area (Å²) in [4.78, 5) is 0. The largest absolute Gasteiger partial charge is 0.135 e. The maximum atomic E-state index is 2.33. The average molecular weight is 713 g/mol. The van der Waals surface area contributed by atoms with Crippen LogP contribution in [0.15, 0.2) is 194 Å². The van der Waals surface area contributed by atoms with Crippen molar-refractivity contribution in [3.63, 3.8) is 0 Å². The standard InChI is InChI=1S/C54H32S/c1-2-14-36(39-31-32-46-38-16-4-3-15-37(38)40-22-11-23-41(39)52(40)46)35(13-1)33-27-29-34(30-28-33)51-42-17-5-7-19-44(42)53(45-20-8-6-18-43(45)51)48-24-12-26-50-54(48)47-21-9-10-25-49(47)55-50/h1-32H. The zero-order chi connectivity index (χ0) is 36.0. The smallest absolute Gasteiger partial charge is 0.0361 e. The lowest BCUT2D eigenvalue weighted by molar-refractivity contribution is 1.59. The Morgan fingerprint density at radius 1 is 0.218 bits per heavy atom. The molecule has 1 aromatic heterocycles. The monoisotopic (exact) mass is 712 g/mol. The van der Waals surface area contributed by atoms with E-state index in [1.54, 1.807) is 0 Å². The first-order valence-corrected chi connectivity index (χ1v) is 19.8. The Morgan fingerprint density at radius 2 is 0.655 bits per heavy atom. The first kappa shape index (κ1) is 30.6.